The largest absolute Gasteiger partial charge is 0.444 e. The Morgan fingerprint density at radius 1 is 1.45 bits per heavy atom. The molecule has 22 heavy (non-hydrogen) atoms. The van der Waals surface area contributed by atoms with Crippen LogP contribution in [0.15, 0.2) is 18.5 Å². The van der Waals surface area contributed by atoms with Gasteiger partial charge in [-0.15, -0.1) is 0 Å². The number of nitrogens with one attached hydrogen (secondary N) is 2. The van der Waals surface area contributed by atoms with Crippen LogP contribution in [0.3, 0.4) is 0 Å². The van der Waals surface area contributed by atoms with Crippen LogP contribution in [0.25, 0.3) is 0 Å². The number of aryl methyl sites for hydroxylation is 1. The van der Waals surface area contributed by atoms with Gasteiger partial charge >= 0.3 is 6.09 Å². The molecule has 2 rings (SSSR count). The molecule has 0 aliphatic heterocycles. The first-order valence-electron chi connectivity index (χ1n) is 7.95. The van der Waals surface area contributed by atoms with Crippen LogP contribution in [-0.4, -0.2) is 29.3 Å². The average Bonchev–Trinajstić information content (AvgIpc) is 3.22. The molecule has 1 heterocycles. The molecule has 1 atom stereocenters. The Labute approximate surface area is 132 Å². The van der Waals surface area contributed by atoms with Crippen molar-refractivity contribution in [2.75, 3.05) is 6.54 Å². The summed E-state index contributed by atoms with van der Waals surface area (Å²) in [5.41, 5.74) is 1.96. The Balaban J connectivity index is 1.80. The molecule has 5 heteroatoms. The van der Waals surface area contributed by atoms with E-state index in [2.05, 4.69) is 22.5 Å². The highest BCUT2D eigenvalue weighted by Gasteiger charge is 2.33. The van der Waals surface area contributed by atoms with Gasteiger partial charge in [-0.3, -0.25) is 4.98 Å². The van der Waals surface area contributed by atoms with Crippen molar-refractivity contribution < 1.29 is 9.53 Å². The number of amides is 1. The van der Waals surface area contributed by atoms with E-state index >= 15 is 0 Å². The highest BCUT2D eigenvalue weighted by Crippen LogP contribution is 2.32. The van der Waals surface area contributed by atoms with Crippen LogP contribution in [0.5, 0.6) is 0 Å². The predicted octanol–water partition coefficient (Wildman–Crippen LogP) is 2.78. The number of ether oxygens (including phenoxy) is 1. The molecule has 2 N–H and O–H groups in total. The van der Waals surface area contributed by atoms with E-state index in [1.54, 1.807) is 6.20 Å². The van der Waals surface area contributed by atoms with Crippen LogP contribution in [0.4, 0.5) is 4.79 Å². The maximum atomic E-state index is 11.9. The van der Waals surface area contributed by atoms with Crippen LogP contribution in [0.2, 0.25) is 0 Å². The summed E-state index contributed by atoms with van der Waals surface area (Å²) in [5.74, 6) is 0.565. The quantitative estimate of drug-likeness (QED) is 0.848. The number of hydrogen-bond donors (Lipinski definition) is 2. The first-order chi connectivity index (χ1) is 10.3. The van der Waals surface area contributed by atoms with Crippen molar-refractivity contribution in [2.45, 2.75) is 58.7 Å². The molecule has 1 saturated carbocycles. The predicted molar refractivity (Wildman–Crippen MR) is 86.6 cm³/mol. The Morgan fingerprint density at radius 2 is 2.18 bits per heavy atom. The highest BCUT2D eigenvalue weighted by molar-refractivity contribution is 5.68. The third-order valence-corrected chi connectivity index (χ3v) is 3.72. The van der Waals surface area contributed by atoms with E-state index in [0.717, 1.165) is 13.1 Å². The van der Waals surface area contributed by atoms with Gasteiger partial charge < -0.3 is 15.4 Å². The molecule has 1 aromatic rings. The van der Waals surface area contributed by atoms with Gasteiger partial charge in [0.15, 0.2) is 0 Å². The molecule has 0 radical (unpaired) electrons. The lowest BCUT2D eigenvalue weighted by Crippen LogP contribution is -2.45. The van der Waals surface area contributed by atoms with E-state index < -0.39 is 5.60 Å². The summed E-state index contributed by atoms with van der Waals surface area (Å²) >= 11 is 0. The van der Waals surface area contributed by atoms with Crippen molar-refractivity contribution in [1.82, 2.24) is 15.6 Å². The monoisotopic (exact) mass is 305 g/mol. The minimum atomic E-state index is -0.460. The van der Waals surface area contributed by atoms with Crippen molar-refractivity contribution in [3.05, 3.63) is 29.6 Å². The summed E-state index contributed by atoms with van der Waals surface area (Å²) in [4.78, 5) is 16.1. The van der Waals surface area contributed by atoms with Crippen LogP contribution < -0.4 is 10.6 Å². The number of rotatable bonds is 6. The SMILES string of the molecule is Cc1ccncc1CNCC(NC(=O)OC(C)(C)C)C1CC1. The Kier molecular flexibility index (Phi) is 5.40. The van der Waals surface area contributed by atoms with Gasteiger partial charge in [0.2, 0.25) is 0 Å². The van der Waals surface area contributed by atoms with Crippen LogP contribution in [0.1, 0.15) is 44.7 Å². The fourth-order valence-electron chi connectivity index (χ4n) is 2.34. The Hall–Kier alpha value is -1.62. The second kappa shape index (κ2) is 7.09. The van der Waals surface area contributed by atoms with Crippen molar-refractivity contribution >= 4 is 6.09 Å². The zero-order valence-electron chi connectivity index (χ0n) is 14.0. The zero-order chi connectivity index (χ0) is 16.2. The maximum Gasteiger partial charge on any atom is 0.407 e. The minimum absolute atomic E-state index is 0.131. The number of carbonyl (C=O) groups excluding carboxylic acids is 1. The van der Waals surface area contributed by atoms with Gasteiger partial charge in [0.25, 0.3) is 0 Å². The van der Waals surface area contributed by atoms with E-state index in [-0.39, 0.29) is 12.1 Å². The summed E-state index contributed by atoms with van der Waals surface area (Å²) in [6.07, 6.45) is 5.71. The number of carbonyl (C=O) groups is 1. The zero-order valence-corrected chi connectivity index (χ0v) is 14.0. The van der Waals surface area contributed by atoms with Crippen LogP contribution >= 0.6 is 0 Å². The van der Waals surface area contributed by atoms with Crippen molar-refractivity contribution in [3.63, 3.8) is 0 Å². The summed E-state index contributed by atoms with van der Waals surface area (Å²) < 4.78 is 5.34. The highest BCUT2D eigenvalue weighted by atomic mass is 16.6. The molecule has 5 nitrogen and oxygen atoms in total. The average molecular weight is 305 g/mol. The molecule has 0 bridgehead atoms. The lowest BCUT2D eigenvalue weighted by atomic mass is 10.1. The molecule has 0 aromatic carbocycles. The van der Waals surface area contributed by atoms with E-state index in [1.165, 1.54) is 24.0 Å². The minimum Gasteiger partial charge on any atom is -0.444 e. The van der Waals surface area contributed by atoms with Crippen molar-refractivity contribution in [3.8, 4) is 0 Å². The number of hydrogen-bond acceptors (Lipinski definition) is 4. The van der Waals surface area contributed by atoms with Crippen LogP contribution in [0, 0.1) is 12.8 Å². The third-order valence-electron chi connectivity index (χ3n) is 3.72. The molecular weight excluding hydrogens is 278 g/mol. The maximum absolute atomic E-state index is 11.9. The summed E-state index contributed by atoms with van der Waals surface area (Å²) in [5, 5.41) is 6.42. The number of alkyl carbamates (subject to hydrolysis) is 1. The second-order valence-electron chi connectivity index (χ2n) is 7.02. The molecule has 1 fully saturated rings. The normalized spacial score (nSPS) is 16.2. The van der Waals surface area contributed by atoms with Gasteiger partial charge in [-0.2, -0.15) is 0 Å². The van der Waals surface area contributed by atoms with Gasteiger partial charge in [-0.05, 0) is 63.6 Å². The van der Waals surface area contributed by atoms with Crippen molar-refractivity contribution in [1.29, 1.82) is 0 Å². The Morgan fingerprint density at radius 3 is 2.77 bits per heavy atom. The third kappa shape index (κ3) is 5.64. The first-order valence-corrected chi connectivity index (χ1v) is 7.95. The molecule has 0 spiro atoms. The molecule has 1 aliphatic carbocycles. The van der Waals surface area contributed by atoms with Crippen molar-refractivity contribution in [2.24, 2.45) is 5.92 Å². The van der Waals surface area contributed by atoms with Gasteiger partial charge in [0, 0.05) is 31.5 Å². The lowest BCUT2D eigenvalue weighted by Gasteiger charge is -2.24. The fraction of sp³-hybridized carbons (Fsp3) is 0.647. The van der Waals surface area contributed by atoms with E-state index in [1.807, 2.05) is 33.0 Å². The van der Waals surface area contributed by atoms with Gasteiger partial charge in [0.05, 0.1) is 0 Å². The number of aromatic nitrogens is 1. The van der Waals surface area contributed by atoms with Gasteiger partial charge in [-0.25, -0.2) is 4.79 Å². The molecule has 122 valence electrons. The molecule has 1 aromatic heterocycles. The van der Waals surface area contributed by atoms with E-state index in [0.29, 0.717) is 5.92 Å². The molecular formula is C17H27N3O2. The van der Waals surface area contributed by atoms with Gasteiger partial charge in [0.1, 0.15) is 5.60 Å². The smallest absolute Gasteiger partial charge is 0.407 e. The Bertz CT molecular complexity index is 507. The number of pyridine rings is 1. The summed E-state index contributed by atoms with van der Waals surface area (Å²) in [6.45, 7) is 9.22. The number of nitrogens with zero attached hydrogens (tertiary/aromatic N) is 1. The van der Waals surface area contributed by atoms with Crippen LogP contribution in [-0.2, 0) is 11.3 Å². The van der Waals surface area contributed by atoms with Gasteiger partial charge in [-0.1, -0.05) is 0 Å². The summed E-state index contributed by atoms with van der Waals surface area (Å²) in [6, 6.07) is 2.14. The first kappa shape index (κ1) is 16.7. The second-order valence-corrected chi connectivity index (χ2v) is 7.02. The molecule has 1 unspecified atom stereocenters. The van der Waals surface area contributed by atoms with E-state index in [9.17, 15) is 4.79 Å². The standard InChI is InChI=1S/C17H27N3O2/c1-12-7-8-18-9-14(12)10-19-11-15(13-5-6-13)20-16(21)22-17(2,3)4/h7-9,13,15,19H,5-6,10-11H2,1-4H3,(H,20,21). The summed E-state index contributed by atoms with van der Waals surface area (Å²) in [7, 11) is 0. The molecule has 0 saturated heterocycles. The fourth-order valence-corrected chi connectivity index (χ4v) is 2.34. The molecule has 1 amide bonds. The topological polar surface area (TPSA) is 63.2 Å². The molecule has 1 aliphatic rings. The van der Waals surface area contributed by atoms with E-state index in [4.69, 9.17) is 4.74 Å². The lowest BCUT2D eigenvalue weighted by molar-refractivity contribution is 0.0497.